The first-order valence-electron chi connectivity index (χ1n) is 4.79. The quantitative estimate of drug-likeness (QED) is 0.897. The molecule has 0 aromatic heterocycles. The van der Waals surface area contributed by atoms with E-state index in [1.807, 2.05) is 24.3 Å². The molecule has 0 heterocycles. The number of hydrogen-bond donors (Lipinski definition) is 1. The maximum atomic E-state index is 10.9. The zero-order valence-electron chi connectivity index (χ0n) is 8.40. The Morgan fingerprint density at radius 3 is 2.33 bits per heavy atom. The van der Waals surface area contributed by atoms with Crippen LogP contribution in [0.25, 0.3) is 0 Å². The summed E-state index contributed by atoms with van der Waals surface area (Å²) in [6.45, 7) is 0. The molecule has 0 aliphatic heterocycles. The Morgan fingerprint density at radius 2 is 1.93 bits per heavy atom. The van der Waals surface area contributed by atoms with Crippen LogP contribution in [0.5, 0.6) is 0 Å². The number of benzene rings is 1. The molecule has 1 N–H and O–H groups in total. The van der Waals surface area contributed by atoms with Gasteiger partial charge in [0.2, 0.25) is 0 Å². The monoisotopic (exact) mass is 269 g/mol. The highest BCUT2D eigenvalue weighted by Crippen LogP contribution is 2.50. The third-order valence-electron chi connectivity index (χ3n) is 3.03. The maximum absolute atomic E-state index is 10.9. The van der Waals surface area contributed by atoms with E-state index in [0.29, 0.717) is 0 Å². The molecule has 0 radical (unpaired) electrons. The number of amides is 1. The normalized spacial score (nSPS) is 17.2. The average Bonchev–Trinajstić information content (AvgIpc) is 2.99. The van der Waals surface area contributed by atoms with Crippen LogP contribution in [0.2, 0.25) is 0 Å². The predicted octanol–water partition coefficient (Wildman–Crippen LogP) is 3.05. The van der Waals surface area contributed by atoms with E-state index >= 15 is 0 Å². The van der Waals surface area contributed by atoms with Gasteiger partial charge < -0.3 is 10.0 Å². The molecule has 2 rings (SSSR count). The van der Waals surface area contributed by atoms with Crippen LogP contribution in [0, 0.1) is 0 Å². The van der Waals surface area contributed by atoms with E-state index in [0.717, 1.165) is 22.9 Å². The summed E-state index contributed by atoms with van der Waals surface area (Å²) in [5.41, 5.74) is 0.808. The first-order valence-corrected chi connectivity index (χ1v) is 5.58. The molecule has 1 aromatic carbocycles. The van der Waals surface area contributed by atoms with Gasteiger partial charge in [-0.1, -0.05) is 28.1 Å². The molecule has 1 fully saturated rings. The fourth-order valence-corrected chi connectivity index (χ4v) is 2.14. The summed E-state index contributed by atoms with van der Waals surface area (Å²) in [6, 6.07) is 7.86. The second-order valence-electron chi connectivity index (χ2n) is 3.88. The van der Waals surface area contributed by atoms with Crippen LogP contribution in [0.4, 0.5) is 4.79 Å². The highest BCUT2D eigenvalue weighted by molar-refractivity contribution is 9.10. The summed E-state index contributed by atoms with van der Waals surface area (Å²) in [7, 11) is 1.64. The number of halogens is 1. The summed E-state index contributed by atoms with van der Waals surface area (Å²) in [4.78, 5) is 12.4. The molecular weight excluding hydrogens is 258 g/mol. The second-order valence-corrected chi connectivity index (χ2v) is 4.80. The molecular formula is C11H12BrNO2. The zero-order valence-corrected chi connectivity index (χ0v) is 9.99. The Balaban J connectivity index is 2.30. The van der Waals surface area contributed by atoms with Crippen molar-refractivity contribution in [2.75, 3.05) is 7.05 Å². The van der Waals surface area contributed by atoms with Crippen molar-refractivity contribution in [3.8, 4) is 0 Å². The van der Waals surface area contributed by atoms with Gasteiger partial charge in [0, 0.05) is 11.5 Å². The minimum Gasteiger partial charge on any atom is -0.465 e. The van der Waals surface area contributed by atoms with Crippen LogP contribution >= 0.6 is 15.9 Å². The minimum absolute atomic E-state index is 0.271. The largest absolute Gasteiger partial charge is 0.465 e. The lowest BCUT2D eigenvalue weighted by molar-refractivity contribution is 0.132. The predicted molar refractivity (Wildman–Crippen MR) is 60.8 cm³/mol. The molecule has 80 valence electrons. The Hall–Kier alpha value is -1.03. The summed E-state index contributed by atoms with van der Waals surface area (Å²) in [5.74, 6) is 0. The van der Waals surface area contributed by atoms with E-state index in [1.54, 1.807) is 7.05 Å². The molecule has 1 aromatic rings. The van der Waals surface area contributed by atoms with Crippen molar-refractivity contribution in [1.29, 1.82) is 0 Å². The van der Waals surface area contributed by atoms with E-state index in [4.69, 9.17) is 5.11 Å². The van der Waals surface area contributed by atoms with Crippen molar-refractivity contribution < 1.29 is 9.90 Å². The molecule has 1 aliphatic rings. The number of hydrogen-bond acceptors (Lipinski definition) is 1. The van der Waals surface area contributed by atoms with Crippen LogP contribution in [0.15, 0.2) is 28.7 Å². The smallest absolute Gasteiger partial charge is 0.407 e. The van der Waals surface area contributed by atoms with Gasteiger partial charge >= 0.3 is 6.09 Å². The fourth-order valence-electron chi connectivity index (χ4n) is 1.88. The summed E-state index contributed by atoms with van der Waals surface area (Å²) in [6.07, 6.45) is 0.963. The van der Waals surface area contributed by atoms with Crippen molar-refractivity contribution in [2.24, 2.45) is 0 Å². The first kappa shape index (κ1) is 10.5. The molecule has 0 saturated heterocycles. The van der Waals surface area contributed by atoms with Gasteiger partial charge in [0.25, 0.3) is 0 Å². The van der Waals surface area contributed by atoms with Gasteiger partial charge in [-0.25, -0.2) is 4.79 Å². The van der Waals surface area contributed by atoms with Crippen molar-refractivity contribution in [2.45, 2.75) is 18.4 Å². The third-order valence-corrected chi connectivity index (χ3v) is 3.56. The standard InChI is InChI=1S/C11H12BrNO2/c1-13(10(14)15)11(6-7-11)8-2-4-9(12)5-3-8/h2-5H,6-7H2,1H3,(H,14,15). The van der Waals surface area contributed by atoms with Crippen molar-refractivity contribution in [1.82, 2.24) is 4.90 Å². The Kier molecular flexibility index (Phi) is 2.46. The SMILES string of the molecule is CN(C(=O)O)C1(c2ccc(Br)cc2)CC1. The zero-order chi connectivity index (χ0) is 11.1. The summed E-state index contributed by atoms with van der Waals surface area (Å²) < 4.78 is 1.01. The van der Waals surface area contributed by atoms with Crippen LogP contribution in [-0.4, -0.2) is 23.1 Å². The number of carboxylic acid groups (broad SMARTS) is 1. The van der Waals surface area contributed by atoms with Gasteiger partial charge in [-0.3, -0.25) is 0 Å². The molecule has 4 heteroatoms. The van der Waals surface area contributed by atoms with Crippen LogP contribution in [0.1, 0.15) is 18.4 Å². The topological polar surface area (TPSA) is 40.5 Å². The lowest BCUT2D eigenvalue weighted by Gasteiger charge is -2.25. The molecule has 15 heavy (non-hydrogen) atoms. The van der Waals surface area contributed by atoms with Gasteiger partial charge in [-0.15, -0.1) is 0 Å². The van der Waals surface area contributed by atoms with Crippen LogP contribution in [-0.2, 0) is 5.54 Å². The fraction of sp³-hybridized carbons (Fsp3) is 0.364. The molecule has 1 aliphatic carbocycles. The second kappa shape index (κ2) is 3.52. The Bertz CT molecular complexity index is 384. The summed E-state index contributed by atoms with van der Waals surface area (Å²) >= 11 is 3.37. The molecule has 0 bridgehead atoms. The highest BCUT2D eigenvalue weighted by Gasteiger charge is 2.50. The Morgan fingerprint density at radius 1 is 1.40 bits per heavy atom. The highest BCUT2D eigenvalue weighted by atomic mass is 79.9. The van der Waals surface area contributed by atoms with E-state index in [9.17, 15) is 4.79 Å². The van der Waals surface area contributed by atoms with E-state index in [-0.39, 0.29) is 5.54 Å². The van der Waals surface area contributed by atoms with Crippen molar-refractivity contribution in [3.63, 3.8) is 0 Å². The minimum atomic E-state index is -0.865. The van der Waals surface area contributed by atoms with Gasteiger partial charge in [0.05, 0.1) is 5.54 Å². The lowest BCUT2D eigenvalue weighted by atomic mass is 10.0. The van der Waals surface area contributed by atoms with E-state index in [1.165, 1.54) is 4.90 Å². The summed E-state index contributed by atoms with van der Waals surface area (Å²) in [5, 5.41) is 8.99. The number of nitrogens with zero attached hydrogens (tertiary/aromatic N) is 1. The first-order chi connectivity index (χ1) is 7.06. The Labute approximate surface area is 96.8 Å². The van der Waals surface area contributed by atoms with Crippen molar-refractivity contribution >= 4 is 22.0 Å². The number of rotatable bonds is 2. The third kappa shape index (κ3) is 1.74. The molecule has 0 atom stereocenters. The van der Waals surface area contributed by atoms with Gasteiger partial charge in [-0.2, -0.15) is 0 Å². The van der Waals surface area contributed by atoms with E-state index in [2.05, 4.69) is 15.9 Å². The molecule has 1 saturated carbocycles. The average molecular weight is 270 g/mol. The van der Waals surface area contributed by atoms with Gasteiger partial charge in [0.15, 0.2) is 0 Å². The van der Waals surface area contributed by atoms with Gasteiger partial charge in [0.1, 0.15) is 0 Å². The molecule has 1 amide bonds. The molecule has 0 unspecified atom stereocenters. The molecule has 0 spiro atoms. The maximum Gasteiger partial charge on any atom is 0.407 e. The lowest BCUT2D eigenvalue weighted by Crippen LogP contribution is -2.35. The molecule has 3 nitrogen and oxygen atoms in total. The van der Waals surface area contributed by atoms with Crippen LogP contribution in [0.3, 0.4) is 0 Å². The van der Waals surface area contributed by atoms with Crippen LogP contribution < -0.4 is 0 Å². The number of carbonyl (C=O) groups is 1. The van der Waals surface area contributed by atoms with Crippen molar-refractivity contribution in [3.05, 3.63) is 34.3 Å². The van der Waals surface area contributed by atoms with E-state index < -0.39 is 6.09 Å². The van der Waals surface area contributed by atoms with Gasteiger partial charge in [-0.05, 0) is 30.5 Å².